The van der Waals surface area contributed by atoms with Crippen LogP contribution in [0.4, 0.5) is 0 Å². The summed E-state index contributed by atoms with van der Waals surface area (Å²) in [5, 5.41) is 4.03. The third-order valence-corrected chi connectivity index (χ3v) is 3.06. The van der Waals surface area contributed by atoms with E-state index in [9.17, 15) is 0 Å². The minimum atomic E-state index is 0.128. The number of nitrogens with zero attached hydrogens (tertiary/aromatic N) is 1. The van der Waals surface area contributed by atoms with Gasteiger partial charge >= 0.3 is 0 Å². The lowest BCUT2D eigenvalue weighted by atomic mass is 10.2. The first-order valence-corrected chi connectivity index (χ1v) is 7.07. The summed E-state index contributed by atoms with van der Waals surface area (Å²) in [4.78, 5) is 4.00. The van der Waals surface area contributed by atoms with E-state index in [0.29, 0.717) is 5.02 Å². The van der Waals surface area contributed by atoms with Crippen molar-refractivity contribution < 1.29 is 4.74 Å². The summed E-state index contributed by atoms with van der Waals surface area (Å²) in [5.74, 6) is 0.736. The molecule has 0 spiro atoms. The molecule has 0 amide bonds. The fourth-order valence-electron chi connectivity index (χ4n) is 1.86. The monoisotopic (exact) mass is 290 g/mol. The van der Waals surface area contributed by atoms with E-state index in [-0.39, 0.29) is 6.10 Å². The number of hydrogen-bond acceptors (Lipinski definition) is 3. The van der Waals surface area contributed by atoms with E-state index in [1.807, 2.05) is 44.2 Å². The Hall–Kier alpha value is -1.58. The third-order valence-electron chi connectivity index (χ3n) is 2.77. The average Bonchev–Trinajstić information content (AvgIpc) is 2.43. The number of aromatic nitrogens is 1. The Labute approximate surface area is 124 Å². The Kier molecular flexibility index (Phi) is 5.39. The van der Waals surface area contributed by atoms with Crippen molar-refractivity contribution in [3.05, 3.63) is 58.9 Å². The van der Waals surface area contributed by atoms with Gasteiger partial charge in [-0.3, -0.25) is 4.98 Å². The molecule has 20 heavy (non-hydrogen) atoms. The van der Waals surface area contributed by atoms with Gasteiger partial charge in [0, 0.05) is 25.5 Å². The van der Waals surface area contributed by atoms with Gasteiger partial charge in [0.25, 0.3) is 0 Å². The van der Waals surface area contributed by atoms with Gasteiger partial charge in [-0.05, 0) is 49.2 Å². The molecule has 0 unspecified atom stereocenters. The minimum Gasteiger partial charge on any atom is -0.489 e. The van der Waals surface area contributed by atoms with Gasteiger partial charge in [0.2, 0.25) is 0 Å². The smallest absolute Gasteiger partial charge is 0.138 e. The maximum absolute atomic E-state index is 6.21. The predicted molar refractivity (Wildman–Crippen MR) is 82.0 cm³/mol. The second kappa shape index (κ2) is 7.27. The highest BCUT2D eigenvalue weighted by atomic mass is 35.5. The van der Waals surface area contributed by atoms with Gasteiger partial charge in [0.05, 0.1) is 11.1 Å². The highest BCUT2D eigenvalue weighted by molar-refractivity contribution is 6.32. The van der Waals surface area contributed by atoms with Crippen molar-refractivity contribution >= 4 is 11.6 Å². The largest absolute Gasteiger partial charge is 0.489 e. The van der Waals surface area contributed by atoms with E-state index < -0.39 is 0 Å². The maximum Gasteiger partial charge on any atom is 0.138 e. The summed E-state index contributed by atoms with van der Waals surface area (Å²) in [6, 6.07) is 9.90. The van der Waals surface area contributed by atoms with Crippen molar-refractivity contribution in [1.29, 1.82) is 0 Å². The first-order chi connectivity index (χ1) is 9.65. The van der Waals surface area contributed by atoms with E-state index in [1.165, 1.54) is 5.56 Å². The van der Waals surface area contributed by atoms with Crippen LogP contribution >= 0.6 is 11.6 Å². The predicted octanol–water partition coefficient (Wildman–Crippen LogP) is 3.81. The van der Waals surface area contributed by atoms with Crippen molar-refractivity contribution in [3.8, 4) is 5.75 Å². The van der Waals surface area contributed by atoms with E-state index >= 15 is 0 Å². The van der Waals surface area contributed by atoms with Crippen LogP contribution in [-0.4, -0.2) is 11.1 Å². The van der Waals surface area contributed by atoms with Gasteiger partial charge in [-0.1, -0.05) is 17.7 Å². The van der Waals surface area contributed by atoms with Crippen LogP contribution in [0.15, 0.2) is 42.7 Å². The van der Waals surface area contributed by atoms with Crippen LogP contribution < -0.4 is 10.1 Å². The van der Waals surface area contributed by atoms with Gasteiger partial charge in [-0.2, -0.15) is 0 Å². The third kappa shape index (κ3) is 4.51. The van der Waals surface area contributed by atoms with Crippen LogP contribution in [-0.2, 0) is 13.1 Å². The second-order valence-electron chi connectivity index (χ2n) is 4.89. The summed E-state index contributed by atoms with van der Waals surface area (Å²) in [7, 11) is 0. The molecule has 0 atom stereocenters. The van der Waals surface area contributed by atoms with Gasteiger partial charge < -0.3 is 10.1 Å². The van der Waals surface area contributed by atoms with Crippen LogP contribution in [0.3, 0.4) is 0 Å². The summed E-state index contributed by atoms with van der Waals surface area (Å²) in [6.07, 6.45) is 3.72. The molecular formula is C16H19ClN2O. The Morgan fingerprint density at radius 3 is 2.45 bits per heavy atom. The zero-order valence-corrected chi connectivity index (χ0v) is 12.5. The summed E-state index contributed by atoms with van der Waals surface area (Å²) < 4.78 is 5.61. The topological polar surface area (TPSA) is 34.1 Å². The number of nitrogens with one attached hydrogen (secondary N) is 1. The quantitative estimate of drug-likeness (QED) is 0.878. The molecule has 2 rings (SSSR count). The number of rotatable bonds is 6. The molecule has 1 aromatic heterocycles. The van der Waals surface area contributed by atoms with Crippen LogP contribution in [0.2, 0.25) is 5.02 Å². The zero-order valence-electron chi connectivity index (χ0n) is 11.8. The van der Waals surface area contributed by atoms with Gasteiger partial charge in [-0.15, -0.1) is 0 Å². The molecular weight excluding hydrogens is 272 g/mol. The van der Waals surface area contributed by atoms with E-state index in [4.69, 9.17) is 16.3 Å². The fourth-order valence-corrected chi connectivity index (χ4v) is 2.10. The molecule has 0 aliphatic rings. The van der Waals surface area contributed by atoms with Gasteiger partial charge in [0.15, 0.2) is 0 Å². The highest BCUT2D eigenvalue weighted by Crippen LogP contribution is 2.26. The molecule has 1 N–H and O–H groups in total. The lowest BCUT2D eigenvalue weighted by Crippen LogP contribution is -2.13. The Morgan fingerprint density at radius 2 is 1.80 bits per heavy atom. The summed E-state index contributed by atoms with van der Waals surface area (Å²) in [6.45, 7) is 5.55. The first kappa shape index (κ1) is 14.8. The summed E-state index contributed by atoms with van der Waals surface area (Å²) in [5.41, 5.74) is 2.35. The van der Waals surface area contributed by atoms with Crippen LogP contribution in [0.1, 0.15) is 25.0 Å². The van der Waals surface area contributed by atoms with E-state index in [1.54, 1.807) is 12.4 Å². The average molecular weight is 291 g/mol. The van der Waals surface area contributed by atoms with E-state index in [2.05, 4.69) is 10.3 Å². The van der Waals surface area contributed by atoms with Gasteiger partial charge in [0.1, 0.15) is 5.75 Å². The summed E-state index contributed by atoms with van der Waals surface area (Å²) >= 11 is 6.21. The standard InChI is InChI=1S/C16H19ClN2O/c1-12(2)20-16-4-3-14(9-15(16)17)11-19-10-13-5-7-18-8-6-13/h3-9,12,19H,10-11H2,1-2H3. The molecule has 0 radical (unpaired) electrons. The molecule has 106 valence electrons. The molecule has 1 heterocycles. The van der Waals surface area contributed by atoms with Crippen LogP contribution in [0.5, 0.6) is 5.75 Å². The molecule has 0 aliphatic carbocycles. The Bertz CT molecular complexity index is 543. The molecule has 0 saturated carbocycles. The van der Waals surface area contributed by atoms with E-state index in [0.717, 1.165) is 24.4 Å². The number of hydrogen-bond donors (Lipinski definition) is 1. The van der Waals surface area contributed by atoms with Crippen LogP contribution in [0, 0.1) is 0 Å². The zero-order chi connectivity index (χ0) is 14.4. The molecule has 0 fully saturated rings. The molecule has 0 saturated heterocycles. The minimum absolute atomic E-state index is 0.128. The Balaban J connectivity index is 1.89. The molecule has 4 heteroatoms. The molecule has 0 bridgehead atoms. The number of pyridine rings is 1. The Morgan fingerprint density at radius 1 is 1.10 bits per heavy atom. The fraction of sp³-hybridized carbons (Fsp3) is 0.312. The van der Waals surface area contributed by atoms with Crippen molar-refractivity contribution in [2.75, 3.05) is 0 Å². The lowest BCUT2D eigenvalue weighted by Gasteiger charge is -2.12. The normalized spacial score (nSPS) is 10.8. The number of halogens is 1. The molecule has 0 aliphatic heterocycles. The second-order valence-corrected chi connectivity index (χ2v) is 5.30. The van der Waals surface area contributed by atoms with Crippen molar-refractivity contribution in [3.63, 3.8) is 0 Å². The lowest BCUT2D eigenvalue weighted by molar-refractivity contribution is 0.242. The first-order valence-electron chi connectivity index (χ1n) is 6.70. The SMILES string of the molecule is CC(C)Oc1ccc(CNCc2ccncc2)cc1Cl. The van der Waals surface area contributed by atoms with Crippen molar-refractivity contribution in [1.82, 2.24) is 10.3 Å². The molecule has 3 nitrogen and oxygen atoms in total. The molecule has 2 aromatic rings. The molecule has 1 aromatic carbocycles. The van der Waals surface area contributed by atoms with Crippen molar-refractivity contribution in [2.24, 2.45) is 0 Å². The number of ether oxygens (including phenoxy) is 1. The highest BCUT2D eigenvalue weighted by Gasteiger charge is 2.05. The van der Waals surface area contributed by atoms with Gasteiger partial charge in [-0.25, -0.2) is 0 Å². The van der Waals surface area contributed by atoms with Crippen LogP contribution in [0.25, 0.3) is 0 Å². The maximum atomic E-state index is 6.21. The number of benzene rings is 1. The van der Waals surface area contributed by atoms with Crippen molar-refractivity contribution in [2.45, 2.75) is 33.0 Å².